The summed E-state index contributed by atoms with van der Waals surface area (Å²) in [6, 6.07) is 3.66. The molecule has 0 saturated carbocycles. The number of rotatable bonds is 7. The zero-order valence-electron chi connectivity index (χ0n) is 12.9. The smallest absolute Gasteiger partial charge is 0.199 e. The summed E-state index contributed by atoms with van der Waals surface area (Å²) in [6.45, 7) is 0.433. The summed E-state index contributed by atoms with van der Waals surface area (Å²) in [5.74, 6) is 1.85. The number of fused-ring (bicyclic) bond motifs is 1. The van der Waals surface area contributed by atoms with Crippen molar-refractivity contribution in [2.75, 3.05) is 40.3 Å². The average molecular weight is 325 g/mol. The van der Waals surface area contributed by atoms with Gasteiger partial charge in [0.05, 0.1) is 26.3 Å². The van der Waals surface area contributed by atoms with Crippen molar-refractivity contribution in [3.8, 4) is 11.5 Å². The minimum absolute atomic E-state index is 0.369. The number of H-pyrrole nitrogens is 1. The average Bonchev–Trinajstić information content (AvgIpc) is 2.54. The highest BCUT2D eigenvalue weighted by Gasteiger charge is 2.12. The fourth-order valence-corrected chi connectivity index (χ4v) is 2.26. The third kappa shape index (κ3) is 3.46. The van der Waals surface area contributed by atoms with Gasteiger partial charge < -0.3 is 29.2 Å². The van der Waals surface area contributed by atoms with Crippen molar-refractivity contribution in [2.45, 2.75) is 6.29 Å². The molecule has 8 heteroatoms. The van der Waals surface area contributed by atoms with E-state index in [1.807, 2.05) is 12.1 Å². The molecule has 0 aliphatic carbocycles. The summed E-state index contributed by atoms with van der Waals surface area (Å²) in [4.78, 5) is 7.35. The standard InChI is InChI=1S/C14H19N3O4S/c1-18-10-5-8-9(6-11(10)19-2)16-14(22)17-13(8)15-7-12(20-3)21-4/h5-6,12H,7H2,1-4H3,(H2,15,16,17,22). The van der Waals surface area contributed by atoms with Crippen LogP contribution in [0.4, 0.5) is 5.82 Å². The number of ether oxygens (including phenoxy) is 4. The SMILES string of the molecule is COc1cc2[nH]c(=S)nc(NCC(OC)OC)c2cc1OC. The van der Waals surface area contributed by atoms with Crippen molar-refractivity contribution < 1.29 is 18.9 Å². The van der Waals surface area contributed by atoms with Crippen molar-refractivity contribution in [2.24, 2.45) is 0 Å². The van der Waals surface area contributed by atoms with Crippen LogP contribution in [0.1, 0.15) is 0 Å². The van der Waals surface area contributed by atoms with E-state index in [1.54, 1.807) is 28.4 Å². The molecule has 0 saturated heterocycles. The largest absolute Gasteiger partial charge is 0.493 e. The number of aromatic nitrogens is 2. The van der Waals surface area contributed by atoms with Crippen molar-refractivity contribution in [3.63, 3.8) is 0 Å². The van der Waals surface area contributed by atoms with E-state index in [1.165, 1.54) is 0 Å². The van der Waals surface area contributed by atoms with Crippen LogP contribution in [-0.2, 0) is 9.47 Å². The predicted octanol–water partition coefficient (Wildman–Crippen LogP) is 2.34. The van der Waals surface area contributed by atoms with Crippen LogP contribution >= 0.6 is 12.2 Å². The fourth-order valence-electron chi connectivity index (χ4n) is 2.06. The molecule has 120 valence electrons. The number of nitrogens with zero attached hydrogens (tertiary/aromatic N) is 1. The van der Waals surface area contributed by atoms with Gasteiger partial charge in [-0.25, -0.2) is 4.98 Å². The van der Waals surface area contributed by atoms with Crippen LogP contribution < -0.4 is 14.8 Å². The Bertz CT molecular complexity index is 700. The molecular formula is C14H19N3O4S. The summed E-state index contributed by atoms with van der Waals surface area (Å²) in [7, 11) is 6.32. The quantitative estimate of drug-likeness (QED) is 0.597. The van der Waals surface area contributed by atoms with Crippen molar-refractivity contribution in [3.05, 3.63) is 16.9 Å². The van der Waals surface area contributed by atoms with Crippen LogP contribution in [0.3, 0.4) is 0 Å². The van der Waals surface area contributed by atoms with Crippen molar-refractivity contribution in [1.82, 2.24) is 9.97 Å². The molecule has 0 amide bonds. The van der Waals surface area contributed by atoms with E-state index in [0.717, 1.165) is 10.9 Å². The maximum Gasteiger partial charge on any atom is 0.199 e. The van der Waals surface area contributed by atoms with Gasteiger partial charge in [0.15, 0.2) is 22.6 Å². The van der Waals surface area contributed by atoms with E-state index in [0.29, 0.717) is 28.6 Å². The Morgan fingerprint density at radius 3 is 2.36 bits per heavy atom. The van der Waals surface area contributed by atoms with Gasteiger partial charge in [-0.15, -0.1) is 0 Å². The maximum absolute atomic E-state index is 5.33. The second-order valence-electron chi connectivity index (χ2n) is 4.43. The number of hydrogen-bond acceptors (Lipinski definition) is 7. The van der Waals surface area contributed by atoms with E-state index in [9.17, 15) is 0 Å². The minimum Gasteiger partial charge on any atom is -0.493 e. The van der Waals surface area contributed by atoms with Crippen LogP contribution in [0.15, 0.2) is 12.1 Å². The molecule has 0 spiro atoms. The first-order valence-electron chi connectivity index (χ1n) is 6.58. The highest BCUT2D eigenvalue weighted by molar-refractivity contribution is 7.71. The van der Waals surface area contributed by atoms with E-state index in [4.69, 9.17) is 31.2 Å². The molecule has 0 aliphatic rings. The lowest BCUT2D eigenvalue weighted by molar-refractivity contribution is -0.0914. The molecule has 1 aromatic carbocycles. The monoisotopic (exact) mass is 325 g/mol. The molecule has 0 aliphatic heterocycles. The Kier molecular flexibility index (Phi) is 5.53. The number of benzene rings is 1. The second kappa shape index (κ2) is 7.39. The molecule has 7 nitrogen and oxygen atoms in total. The van der Waals surface area contributed by atoms with Crippen LogP contribution in [0.2, 0.25) is 0 Å². The molecule has 0 radical (unpaired) electrons. The normalized spacial score (nSPS) is 11.0. The number of methoxy groups -OCH3 is 4. The molecule has 2 N–H and O–H groups in total. The third-order valence-electron chi connectivity index (χ3n) is 3.20. The number of nitrogens with one attached hydrogen (secondary N) is 2. The number of hydrogen-bond donors (Lipinski definition) is 2. The Hall–Kier alpha value is -1.90. The van der Waals surface area contributed by atoms with E-state index in [2.05, 4.69) is 15.3 Å². The Balaban J connectivity index is 2.46. The zero-order valence-corrected chi connectivity index (χ0v) is 13.7. The molecule has 22 heavy (non-hydrogen) atoms. The van der Waals surface area contributed by atoms with Gasteiger partial charge in [-0.3, -0.25) is 0 Å². The van der Waals surface area contributed by atoms with Gasteiger partial charge in [0.2, 0.25) is 0 Å². The van der Waals surface area contributed by atoms with Gasteiger partial charge in [0.1, 0.15) is 5.82 Å². The third-order valence-corrected chi connectivity index (χ3v) is 3.39. The highest BCUT2D eigenvalue weighted by Crippen LogP contribution is 2.33. The Morgan fingerprint density at radius 2 is 1.77 bits per heavy atom. The van der Waals surface area contributed by atoms with Gasteiger partial charge in [-0.1, -0.05) is 0 Å². The van der Waals surface area contributed by atoms with Gasteiger partial charge in [0.25, 0.3) is 0 Å². The molecular weight excluding hydrogens is 306 g/mol. The molecule has 1 aromatic heterocycles. The lowest BCUT2D eigenvalue weighted by Crippen LogP contribution is -2.24. The van der Waals surface area contributed by atoms with Gasteiger partial charge in [0, 0.05) is 25.7 Å². The summed E-state index contributed by atoms with van der Waals surface area (Å²) in [5.41, 5.74) is 0.798. The molecule has 0 bridgehead atoms. The molecule has 2 aromatic rings. The maximum atomic E-state index is 5.33. The van der Waals surface area contributed by atoms with Crippen molar-refractivity contribution in [1.29, 1.82) is 0 Å². The first kappa shape index (κ1) is 16.5. The molecule has 0 fully saturated rings. The Morgan fingerprint density at radius 1 is 1.14 bits per heavy atom. The molecule has 0 atom stereocenters. The van der Waals surface area contributed by atoms with Crippen molar-refractivity contribution >= 4 is 28.9 Å². The highest BCUT2D eigenvalue weighted by atomic mass is 32.1. The van der Waals surface area contributed by atoms with E-state index < -0.39 is 0 Å². The first-order valence-corrected chi connectivity index (χ1v) is 6.99. The van der Waals surface area contributed by atoms with Crippen LogP contribution in [0.25, 0.3) is 10.9 Å². The minimum atomic E-state index is -0.380. The predicted molar refractivity (Wildman–Crippen MR) is 86.3 cm³/mol. The van der Waals surface area contributed by atoms with E-state index >= 15 is 0 Å². The molecule has 0 unspecified atom stereocenters. The topological polar surface area (TPSA) is 77.6 Å². The molecule has 1 heterocycles. The zero-order chi connectivity index (χ0) is 16.1. The summed E-state index contributed by atoms with van der Waals surface area (Å²) < 4.78 is 21.3. The Labute approximate surface area is 133 Å². The summed E-state index contributed by atoms with van der Waals surface area (Å²) in [5, 5.41) is 4.01. The van der Waals surface area contributed by atoms with Crippen LogP contribution in [0, 0.1) is 4.77 Å². The lowest BCUT2D eigenvalue weighted by Gasteiger charge is -2.16. The lowest BCUT2D eigenvalue weighted by atomic mass is 10.2. The summed E-state index contributed by atoms with van der Waals surface area (Å²) >= 11 is 5.16. The second-order valence-corrected chi connectivity index (χ2v) is 4.81. The summed E-state index contributed by atoms with van der Waals surface area (Å²) in [6.07, 6.45) is -0.380. The van der Waals surface area contributed by atoms with Crippen LogP contribution in [-0.4, -0.2) is 51.2 Å². The van der Waals surface area contributed by atoms with Gasteiger partial charge in [-0.2, -0.15) is 0 Å². The number of anilines is 1. The fraction of sp³-hybridized carbons (Fsp3) is 0.429. The van der Waals surface area contributed by atoms with Crippen LogP contribution in [0.5, 0.6) is 11.5 Å². The van der Waals surface area contributed by atoms with Gasteiger partial charge >= 0.3 is 0 Å². The molecule has 2 rings (SSSR count). The first-order chi connectivity index (χ1) is 10.6. The van der Waals surface area contributed by atoms with Gasteiger partial charge in [-0.05, 0) is 18.3 Å². The number of aromatic amines is 1. The van der Waals surface area contributed by atoms with E-state index in [-0.39, 0.29) is 6.29 Å².